The molecule has 0 spiro atoms. The summed E-state index contributed by atoms with van der Waals surface area (Å²) in [4.78, 5) is 4.88. The van der Waals surface area contributed by atoms with Gasteiger partial charge in [0.1, 0.15) is 11.4 Å². The summed E-state index contributed by atoms with van der Waals surface area (Å²) in [7, 11) is 1.63. The zero-order chi connectivity index (χ0) is 11.6. The maximum Gasteiger partial charge on any atom is 0.127 e. The van der Waals surface area contributed by atoms with Gasteiger partial charge < -0.3 is 9.57 Å². The number of hydroxylamine groups is 1. The van der Waals surface area contributed by atoms with Gasteiger partial charge in [-0.3, -0.25) is 0 Å². The van der Waals surface area contributed by atoms with Crippen LogP contribution in [0.2, 0.25) is 0 Å². The molecule has 2 rings (SSSR count). The van der Waals surface area contributed by atoms with Crippen LogP contribution in [-0.2, 0) is 17.8 Å². The Kier molecular flexibility index (Phi) is 3.17. The highest BCUT2D eigenvalue weighted by atomic mass is 16.6. The maximum absolute atomic E-state index is 6.05. The molecule has 1 aliphatic rings. The van der Waals surface area contributed by atoms with Crippen molar-refractivity contribution in [2.45, 2.75) is 38.8 Å². The summed E-state index contributed by atoms with van der Waals surface area (Å²) in [6, 6.07) is 6.29. The number of ether oxygens (including phenoxy) is 1. The first-order chi connectivity index (χ1) is 7.62. The average molecular weight is 221 g/mol. The topological polar surface area (TPSA) is 30.5 Å². The molecule has 0 amide bonds. The van der Waals surface area contributed by atoms with Crippen molar-refractivity contribution >= 4 is 0 Å². The van der Waals surface area contributed by atoms with Crippen LogP contribution in [0.1, 0.15) is 31.4 Å². The SMILES string of the molecule is CONCc1cccc2c1OC(C)(C)CC2. The third-order valence-corrected chi connectivity index (χ3v) is 2.96. The molecule has 0 radical (unpaired) electrons. The van der Waals surface area contributed by atoms with E-state index >= 15 is 0 Å². The highest BCUT2D eigenvalue weighted by Crippen LogP contribution is 2.35. The van der Waals surface area contributed by atoms with Crippen LogP contribution in [0.4, 0.5) is 0 Å². The molecule has 0 saturated carbocycles. The minimum absolute atomic E-state index is 0.0594. The summed E-state index contributed by atoms with van der Waals surface area (Å²) in [6.45, 7) is 4.95. The van der Waals surface area contributed by atoms with Gasteiger partial charge in [0.2, 0.25) is 0 Å². The fourth-order valence-corrected chi connectivity index (χ4v) is 2.02. The molecule has 0 aliphatic carbocycles. The van der Waals surface area contributed by atoms with Crippen LogP contribution in [-0.4, -0.2) is 12.7 Å². The van der Waals surface area contributed by atoms with Crippen molar-refractivity contribution in [3.63, 3.8) is 0 Å². The van der Waals surface area contributed by atoms with E-state index in [0.29, 0.717) is 6.54 Å². The van der Waals surface area contributed by atoms with Gasteiger partial charge in [-0.15, -0.1) is 0 Å². The molecule has 0 unspecified atom stereocenters. The molecular weight excluding hydrogens is 202 g/mol. The minimum Gasteiger partial charge on any atom is -0.487 e. The summed E-state index contributed by atoms with van der Waals surface area (Å²) < 4.78 is 6.05. The summed E-state index contributed by atoms with van der Waals surface area (Å²) in [5.41, 5.74) is 5.26. The van der Waals surface area contributed by atoms with Crippen molar-refractivity contribution in [1.29, 1.82) is 0 Å². The highest BCUT2D eigenvalue weighted by Gasteiger charge is 2.27. The van der Waals surface area contributed by atoms with Gasteiger partial charge in [-0.05, 0) is 32.3 Å². The lowest BCUT2D eigenvalue weighted by Crippen LogP contribution is -2.33. The zero-order valence-electron chi connectivity index (χ0n) is 10.2. The molecule has 0 saturated heterocycles. The monoisotopic (exact) mass is 221 g/mol. The second-order valence-corrected chi connectivity index (χ2v) is 4.79. The fourth-order valence-electron chi connectivity index (χ4n) is 2.02. The summed E-state index contributed by atoms with van der Waals surface area (Å²) in [5.74, 6) is 1.03. The Labute approximate surface area is 96.7 Å². The molecule has 1 aromatic carbocycles. The van der Waals surface area contributed by atoms with Crippen molar-refractivity contribution in [1.82, 2.24) is 5.48 Å². The Morgan fingerprint density at radius 1 is 1.44 bits per heavy atom. The van der Waals surface area contributed by atoms with E-state index in [1.54, 1.807) is 7.11 Å². The smallest absolute Gasteiger partial charge is 0.127 e. The number of para-hydroxylation sites is 1. The highest BCUT2D eigenvalue weighted by molar-refractivity contribution is 5.43. The Hall–Kier alpha value is -1.06. The van der Waals surface area contributed by atoms with E-state index in [4.69, 9.17) is 9.57 Å². The molecule has 88 valence electrons. The minimum atomic E-state index is -0.0594. The van der Waals surface area contributed by atoms with Crippen molar-refractivity contribution < 1.29 is 9.57 Å². The molecule has 3 nitrogen and oxygen atoms in total. The number of nitrogens with one attached hydrogen (secondary N) is 1. The largest absolute Gasteiger partial charge is 0.487 e. The number of hydrogen-bond donors (Lipinski definition) is 1. The van der Waals surface area contributed by atoms with Gasteiger partial charge >= 0.3 is 0 Å². The quantitative estimate of drug-likeness (QED) is 0.795. The van der Waals surface area contributed by atoms with E-state index < -0.39 is 0 Å². The molecule has 0 aromatic heterocycles. The van der Waals surface area contributed by atoms with Crippen molar-refractivity contribution in [3.8, 4) is 5.75 Å². The molecule has 1 aliphatic heterocycles. The van der Waals surface area contributed by atoms with E-state index in [2.05, 4.69) is 37.5 Å². The van der Waals surface area contributed by atoms with Gasteiger partial charge in [0.25, 0.3) is 0 Å². The molecule has 1 N–H and O–H groups in total. The van der Waals surface area contributed by atoms with Crippen LogP contribution < -0.4 is 10.2 Å². The first-order valence-corrected chi connectivity index (χ1v) is 5.68. The molecule has 0 fully saturated rings. The van der Waals surface area contributed by atoms with Gasteiger partial charge in [0.05, 0.1) is 7.11 Å². The van der Waals surface area contributed by atoms with Gasteiger partial charge in [-0.1, -0.05) is 18.2 Å². The molecule has 3 heteroatoms. The third kappa shape index (κ3) is 2.36. The lowest BCUT2D eigenvalue weighted by molar-refractivity contribution is 0.0722. The molecule has 0 bridgehead atoms. The van der Waals surface area contributed by atoms with Crippen molar-refractivity contribution in [3.05, 3.63) is 29.3 Å². The molecule has 1 aromatic rings. The van der Waals surface area contributed by atoms with E-state index in [1.807, 2.05) is 0 Å². The van der Waals surface area contributed by atoms with E-state index in [-0.39, 0.29) is 5.60 Å². The lowest BCUT2D eigenvalue weighted by atomic mass is 9.93. The Morgan fingerprint density at radius 2 is 2.25 bits per heavy atom. The number of aryl methyl sites for hydroxylation is 1. The van der Waals surface area contributed by atoms with Crippen LogP contribution in [0.3, 0.4) is 0 Å². The number of fused-ring (bicyclic) bond motifs is 1. The Balaban J connectivity index is 2.27. The summed E-state index contributed by atoms with van der Waals surface area (Å²) in [5, 5.41) is 0. The normalized spacial score (nSPS) is 17.7. The Morgan fingerprint density at radius 3 is 3.00 bits per heavy atom. The van der Waals surface area contributed by atoms with E-state index in [9.17, 15) is 0 Å². The summed E-state index contributed by atoms with van der Waals surface area (Å²) in [6.07, 6.45) is 2.16. The van der Waals surface area contributed by atoms with Crippen molar-refractivity contribution in [2.75, 3.05) is 7.11 Å². The fraction of sp³-hybridized carbons (Fsp3) is 0.538. The standard InChI is InChI=1S/C13H19NO2/c1-13(2)8-7-10-5-4-6-11(9-14-15-3)12(10)16-13/h4-6,14H,7-9H2,1-3H3. The first-order valence-electron chi connectivity index (χ1n) is 5.68. The zero-order valence-corrected chi connectivity index (χ0v) is 10.2. The van der Waals surface area contributed by atoms with Gasteiger partial charge in [0, 0.05) is 12.1 Å². The number of rotatable bonds is 3. The first kappa shape index (κ1) is 11.4. The van der Waals surface area contributed by atoms with Gasteiger partial charge in [0.15, 0.2) is 0 Å². The predicted molar refractivity (Wildman–Crippen MR) is 63.3 cm³/mol. The summed E-state index contributed by atoms with van der Waals surface area (Å²) >= 11 is 0. The molecule has 16 heavy (non-hydrogen) atoms. The van der Waals surface area contributed by atoms with E-state index in [0.717, 1.165) is 24.2 Å². The molecular formula is C13H19NO2. The van der Waals surface area contributed by atoms with Crippen LogP contribution in [0.5, 0.6) is 5.75 Å². The van der Waals surface area contributed by atoms with Gasteiger partial charge in [-0.25, -0.2) is 0 Å². The second-order valence-electron chi connectivity index (χ2n) is 4.79. The maximum atomic E-state index is 6.05. The predicted octanol–water partition coefficient (Wildman–Crippen LogP) is 2.44. The molecule has 1 heterocycles. The number of hydrogen-bond acceptors (Lipinski definition) is 3. The van der Waals surface area contributed by atoms with Crippen molar-refractivity contribution in [2.24, 2.45) is 0 Å². The van der Waals surface area contributed by atoms with Crippen LogP contribution in [0, 0.1) is 0 Å². The van der Waals surface area contributed by atoms with Crippen LogP contribution >= 0.6 is 0 Å². The third-order valence-electron chi connectivity index (χ3n) is 2.96. The van der Waals surface area contributed by atoms with Crippen LogP contribution in [0.15, 0.2) is 18.2 Å². The van der Waals surface area contributed by atoms with Crippen LogP contribution in [0.25, 0.3) is 0 Å². The Bertz CT molecular complexity index is 374. The average Bonchev–Trinajstić information content (AvgIpc) is 2.25. The molecule has 0 atom stereocenters. The van der Waals surface area contributed by atoms with E-state index in [1.165, 1.54) is 5.56 Å². The lowest BCUT2D eigenvalue weighted by Gasteiger charge is -2.33. The van der Waals surface area contributed by atoms with Gasteiger partial charge in [-0.2, -0.15) is 5.48 Å². The second kappa shape index (κ2) is 4.44. The number of benzene rings is 1.